The standard InChI is InChI=1S/C12H19NOS/c1-8-4-3-5-10(8)11(14)6-12-13-9(2)7-15-12/h7-8,10-11,14H,3-6H2,1-2H3. The maximum Gasteiger partial charge on any atom is 0.0954 e. The van der Waals surface area contributed by atoms with Crippen LogP contribution < -0.4 is 0 Å². The van der Waals surface area contributed by atoms with Crippen LogP contribution in [0.2, 0.25) is 0 Å². The van der Waals surface area contributed by atoms with E-state index in [1.807, 2.05) is 6.92 Å². The van der Waals surface area contributed by atoms with Crippen LogP contribution in [-0.2, 0) is 6.42 Å². The van der Waals surface area contributed by atoms with E-state index in [1.165, 1.54) is 19.3 Å². The number of hydrogen-bond acceptors (Lipinski definition) is 3. The first-order chi connectivity index (χ1) is 7.16. The van der Waals surface area contributed by atoms with Crippen LogP contribution in [0.1, 0.15) is 36.9 Å². The molecule has 15 heavy (non-hydrogen) atoms. The van der Waals surface area contributed by atoms with E-state index in [4.69, 9.17) is 0 Å². The van der Waals surface area contributed by atoms with Gasteiger partial charge in [-0.15, -0.1) is 11.3 Å². The van der Waals surface area contributed by atoms with Gasteiger partial charge < -0.3 is 5.11 Å². The summed E-state index contributed by atoms with van der Waals surface area (Å²) in [6, 6.07) is 0. The molecule has 84 valence electrons. The lowest BCUT2D eigenvalue weighted by atomic mass is 9.91. The fourth-order valence-corrected chi connectivity index (χ4v) is 3.40. The normalized spacial score (nSPS) is 28.2. The van der Waals surface area contributed by atoms with Crippen molar-refractivity contribution < 1.29 is 5.11 Å². The van der Waals surface area contributed by atoms with Crippen LogP contribution in [0.4, 0.5) is 0 Å². The number of hydrogen-bond donors (Lipinski definition) is 1. The maximum absolute atomic E-state index is 10.1. The number of thiazole rings is 1. The lowest BCUT2D eigenvalue weighted by Gasteiger charge is -2.21. The minimum atomic E-state index is -0.187. The van der Waals surface area contributed by atoms with E-state index in [0.29, 0.717) is 11.8 Å². The molecule has 1 heterocycles. The second kappa shape index (κ2) is 4.62. The van der Waals surface area contributed by atoms with Crippen molar-refractivity contribution in [3.63, 3.8) is 0 Å². The molecule has 0 aliphatic heterocycles. The second-order valence-electron chi connectivity index (χ2n) is 4.73. The van der Waals surface area contributed by atoms with Gasteiger partial charge in [-0.3, -0.25) is 0 Å². The molecule has 0 aromatic carbocycles. The Balaban J connectivity index is 1.94. The average Bonchev–Trinajstić information content (AvgIpc) is 2.75. The van der Waals surface area contributed by atoms with Crippen molar-refractivity contribution in [2.75, 3.05) is 0 Å². The summed E-state index contributed by atoms with van der Waals surface area (Å²) in [5.41, 5.74) is 1.07. The zero-order chi connectivity index (χ0) is 10.8. The van der Waals surface area contributed by atoms with Gasteiger partial charge in [0.15, 0.2) is 0 Å². The van der Waals surface area contributed by atoms with Gasteiger partial charge in [0, 0.05) is 17.5 Å². The first-order valence-electron chi connectivity index (χ1n) is 5.76. The zero-order valence-corrected chi connectivity index (χ0v) is 10.3. The summed E-state index contributed by atoms with van der Waals surface area (Å²) in [7, 11) is 0. The minimum Gasteiger partial charge on any atom is -0.392 e. The Hall–Kier alpha value is -0.410. The van der Waals surface area contributed by atoms with E-state index in [-0.39, 0.29) is 6.10 Å². The van der Waals surface area contributed by atoms with Crippen molar-refractivity contribution in [2.24, 2.45) is 11.8 Å². The van der Waals surface area contributed by atoms with Gasteiger partial charge in [-0.05, 0) is 25.2 Å². The van der Waals surface area contributed by atoms with Gasteiger partial charge in [0.1, 0.15) is 0 Å². The molecule has 1 aromatic heterocycles. The summed E-state index contributed by atoms with van der Waals surface area (Å²) >= 11 is 1.67. The van der Waals surface area contributed by atoms with Crippen LogP contribution in [0.3, 0.4) is 0 Å². The molecule has 1 N–H and O–H groups in total. The van der Waals surface area contributed by atoms with E-state index < -0.39 is 0 Å². The SMILES string of the molecule is Cc1csc(CC(O)C2CCCC2C)n1. The summed E-state index contributed by atoms with van der Waals surface area (Å²) in [5.74, 6) is 1.18. The molecule has 0 bridgehead atoms. The van der Waals surface area contributed by atoms with E-state index in [1.54, 1.807) is 11.3 Å². The van der Waals surface area contributed by atoms with Gasteiger partial charge in [-0.25, -0.2) is 4.98 Å². The lowest BCUT2D eigenvalue weighted by molar-refractivity contribution is 0.0901. The third kappa shape index (κ3) is 2.58. The summed E-state index contributed by atoms with van der Waals surface area (Å²) in [6.07, 6.45) is 4.30. The molecule has 1 aliphatic carbocycles. The van der Waals surface area contributed by atoms with Crippen molar-refractivity contribution in [3.8, 4) is 0 Å². The van der Waals surface area contributed by atoms with Gasteiger partial charge in [0.05, 0.1) is 11.1 Å². The van der Waals surface area contributed by atoms with Crippen molar-refractivity contribution in [3.05, 3.63) is 16.1 Å². The molecule has 0 spiro atoms. The molecule has 3 unspecified atom stereocenters. The molecule has 0 amide bonds. The van der Waals surface area contributed by atoms with Gasteiger partial charge in [0.2, 0.25) is 0 Å². The fourth-order valence-electron chi connectivity index (χ4n) is 2.57. The lowest BCUT2D eigenvalue weighted by Crippen LogP contribution is -2.24. The highest BCUT2D eigenvalue weighted by Gasteiger charge is 2.30. The maximum atomic E-state index is 10.1. The molecule has 1 fully saturated rings. The van der Waals surface area contributed by atoms with E-state index in [0.717, 1.165) is 17.1 Å². The fraction of sp³-hybridized carbons (Fsp3) is 0.750. The van der Waals surface area contributed by atoms with Gasteiger partial charge in [-0.2, -0.15) is 0 Å². The van der Waals surface area contributed by atoms with Crippen LogP contribution in [-0.4, -0.2) is 16.2 Å². The summed E-state index contributed by atoms with van der Waals surface area (Å²) in [6.45, 7) is 4.26. The third-order valence-corrected chi connectivity index (χ3v) is 4.46. The molecular weight excluding hydrogens is 206 g/mol. The van der Waals surface area contributed by atoms with Crippen molar-refractivity contribution in [1.82, 2.24) is 4.98 Å². The number of rotatable bonds is 3. The zero-order valence-electron chi connectivity index (χ0n) is 9.44. The summed E-state index contributed by atoms with van der Waals surface area (Å²) in [4.78, 5) is 4.41. The Labute approximate surface area is 95.4 Å². The van der Waals surface area contributed by atoms with E-state index in [2.05, 4.69) is 17.3 Å². The van der Waals surface area contributed by atoms with Crippen molar-refractivity contribution >= 4 is 11.3 Å². The number of aliphatic hydroxyl groups excluding tert-OH is 1. The molecule has 3 heteroatoms. The van der Waals surface area contributed by atoms with E-state index >= 15 is 0 Å². The first kappa shape index (κ1) is 11.1. The molecule has 1 aromatic rings. The molecule has 2 nitrogen and oxygen atoms in total. The number of aryl methyl sites for hydroxylation is 1. The highest BCUT2D eigenvalue weighted by atomic mass is 32.1. The predicted octanol–water partition coefficient (Wildman–Crippen LogP) is 2.79. The highest BCUT2D eigenvalue weighted by Crippen LogP contribution is 2.34. The number of nitrogens with zero attached hydrogens (tertiary/aromatic N) is 1. The topological polar surface area (TPSA) is 33.1 Å². The largest absolute Gasteiger partial charge is 0.392 e. The Kier molecular flexibility index (Phi) is 3.42. The van der Waals surface area contributed by atoms with Gasteiger partial charge in [-0.1, -0.05) is 19.8 Å². The summed E-state index contributed by atoms with van der Waals surface area (Å²) < 4.78 is 0. The molecule has 1 aliphatic rings. The van der Waals surface area contributed by atoms with Gasteiger partial charge >= 0.3 is 0 Å². The van der Waals surface area contributed by atoms with Crippen LogP contribution >= 0.6 is 11.3 Å². The molecule has 3 atom stereocenters. The molecule has 1 saturated carbocycles. The van der Waals surface area contributed by atoms with Crippen LogP contribution in [0, 0.1) is 18.8 Å². The second-order valence-corrected chi connectivity index (χ2v) is 5.67. The number of aromatic nitrogens is 1. The Morgan fingerprint density at radius 2 is 2.40 bits per heavy atom. The smallest absolute Gasteiger partial charge is 0.0954 e. The molecular formula is C12H19NOS. The average molecular weight is 225 g/mol. The predicted molar refractivity (Wildman–Crippen MR) is 63.1 cm³/mol. The van der Waals surface area contributed by atoms with E-state index in [9.17, 15) is 5.11 Å². The molecule has 0 saturated heterocycles. The summed E-state index contributed by atoms with van der Waals surface area (Å²) in [5, 5.41) is 13.3. The highest BCUT2D eigenvalue weighted by molar-refractivity contribution is 7.09. The van der Waals surface area contributed by atoms with Crippen LogP contribution in [0.15, 0.2) is 5.38 Å². The number of aliphatic hydroxyl groups is 1. The molecule has 0 radical (unpaired) electrons. The Bertz CT molecular complexity index is 323. The third-order valence-electron chi connectivity index (χ3n) is 3.47. The minimum absolute atomic E-state index is 0.187. The van der Waals surface area contributed by atoms with Crippen molar-refractivity contribution in [2.45, 2.75) is 45.6 Å². The van der Waals surface area contributed by atoms with Gasteiger partial charge in [0.25, 0.3) is 0 Å². The van der Waals surface area contributed by atoms with Crippen molar-refractivity contribution in [1.29, 1.82) is 0 Å². The first-order valence-corrected chi connectivity index (χ1v) is 6.64. The molecule has 2 rings (SSSR count). The van der Waals surface area contributed by atoms with Crippen LogP contribution in [0.5, 0.6) is 0 Å². The quantitative estimate of drug-likeness (QED) is 0.858. The Morgan fingerprint density at radius 3 is 2.93 bits per heavy atom. The van der Waals surface area contributed by atoms with Crippen LogP contribution in [0.25, 0.3) is 0 Å². The Morgan fingerprint density at radius 1 is 1.60 bits per heavy atom. The monoisotopic (exact) mass is 225 g/mol.